The van der Waals surface area contributed by atoms with Crippen molar-refractivity contribution in [2.24, 2.45) is 5.11 Å². The normalized spacial score (nSPS) is 33.9. The molecule has 0 aromatic carbocycles. The zero-order valence-corrected chi connectivity index (χ0v) is 10.9. The Morgan fingerprint density at radius 2 is 2.32 bits per heavy atom. The van der Waals surface area contributed by atoms with Crippen LogP contribution in [0.5, 0.6) is 0 Å². The van der Waals surface area contributed by atoms with Crippen LogP contribution in [0.15, 0.2) is 22.2 Å². The van der Waals surface area contributed by atoms with Gasteiger partial charge in [0.15, 0.2) is 0 Å². The van der Waals surface area contributed by atoms with E-state index >= 15 is 0 Å². The maximum absolute atomic E-state index is 11.9. The number of hydrogen-bond donors (Lipinski definition) is 4. The first-order chi connectivity index (χ1) is 10.4. The average Bonchev–Trinajstić information content (AvgIpc) is 2.71. The van der Waals surface area contributed by atoms with Gasteiger partial charge in [-0.05, 0) is 11.6 Å². The molecule has 22 heavy (non-hydrogen) atoms. The fourth-order valence-corrected chi connectivity index (χ4v) is 2.17. The molecule has 4 atom stereocenters. The number of nitrogen functional groups attached to an aromatic ring is 1. The summed E-state index contributed by atoms with van der Waals surface area (Å²) in [6.45, 7) is -1.03. The number of nitriles is 1. The molecule has 1 aromatic rings. The molecule has 12 nitrogen and oxygen atoms in total. The summed E-state index contributed by atoms with van der Waals surface area (Å²) in [6.07, 6.45) is -2.94. The van der Waals surface area contributed by atoms with Crippen molar-refractivity contribution >= 4 is 5.82 Å². The maximum Gasteiger partial charge on any atom is 0.352 e. The molecule has 1 aliphatic heterocycles. The Balaban J connectivity index is 2.68. The molecule has 1 aliphatic rings. The summed E-state index contributed by atoms with van der Waals surface area (Å²) in [7, 11) is 0. The third kappa shape index (κ3) is 1.98. The lowest BCUT2D eigenvalue weighted by molar-refractivity contribution is -0.158. The molecular formula is C10H11N7O5. The van der Waals surface area contributed by atoms with E-state index in [1.165, 1.54) is 6.07 Å². The number of nitrogens with zero attached hydrogens (tertiary/aromatic N) is 6. The molecule has 0 amide bonds. The smallest absolute Gasteiger partial charge is 0.352 e. The van der Waals surface area contributed by atoms with Crippen molar-refractivity contribution in [1.82, 2.24) is 9.55 Å². The predicted molar refractivity (Wildman–Crippen MR) is 68.6 cm³/mol. The van der Waals surface area contributed by atoms with Gasteiger partial charge in [-0.2, -0.15) is 10.2 Å². The lowest BCUT2D eigenvalue weighted by atomic mass is 10.0. The second kappa shape index (κ2) is 5.26. The van der Waals surface area contributed by atoms with Crippen LogP contribution in [0.3, 0.4) is 0 Å². The molecule has 0 unspecified atom stereocenters. The molecule has 0 radical (unpaired) electrons. The third-order valence-electron chi connectivity index (χ3n) is 3.28. The highest BCUT2D eigenvalue weighted by molar-refractivity contribution is 5.25. The lowest BCUT2D eigenvalue weighted by Crippen LogP contribution is -2.49. The van der Waals surface area contributed by atoms with E-state index in [1.807, 2.05) is 0 Å². The quantitative estimate of drug-likeness (QED) is 0.272. The van der Waals surface area contributed by atoms with E-state index in [9.17, 15) is 25.4 Å². The van der Waals surface area contributed by atoms with Crippen LogP contribution in [0.2, 0.25) is 0 Å². The topological polar surface area (TPSA) is 203 Å². The number of hydrogen-bond acceptors (Lipinski definition) is 9. The van der Waals surface area contributed by atoms with Gasteiger partial charge >= 0.3 is 5.69 Å². The number of aromatic nitrogens is 2. The summed E-state index contributed by atoms with van der Waals surface area (Å²) >= 11 is 0. The maximum atomic E-state index is 11.9. The Hall–Kier alpha value is -2.68. The van der Waals surface area contributed by atoms with Gasteiger partial charge < -0.3 is 25.8 Å². The van der Waals surface area contributed by atoms with Crippen LogP contribution in [0.1, 0.15) is 0 Å². The number of rotatable bonds is 3. The molecule has 116 valence electrons. The summed E-state index contributed by atoms with van der Waals surface area (Å²) in [5.41, 5.74) is 8.04. The van der Waals surface area contributed by atoms with E-state index in [2.05, 4.69) is 15.0 Å². The molecule has 12 heteroatoms. The number of nitrogens with two attached hydrogens (primary N) is 1. The van der Waals surface area contributed by atoms with E-state index in [0.29, 0.717) is 4.57 Å². The molecule has 0 bridgehead atoms. The van der Waals surface area contributed by atoms with Crippen molar-refractivity contribution in [3.63, 3.8) is 0 Å². The summed E-state index contributed by atoms with van der Waals surface area (Å²) in [5.74, 6) is -0.133. The van der Waals surface area contributed by atoms with E-state index < -0.39 is 36.0 Å². The van der Waals surface area contributed by atoms with Gasteiger partial charge in [0.1, 0.15) is 24.1 Å². The SMILES string of the molecule is N#C[C@@]1(n2ccc(N)nc2=O)O[C@@](CO)(N=[N+]=[N-])[C@@H](O)[C@@H]1O. The Labute approximate surface area is 122 Å². The number of aliphatic hydroxyl groups is 3. The highest BCUT2D eigenvalue weighted by Crippen LogP contribution is 2.41. The van der Waals surface area contributed by atoms with E-state index in [4.69, 9.17) is 16.0 Å². The average molecular weight is 309 g/mol. The molecule has 0 saturated carbocycles. The van der Waals surface area contributed by atoms with Crippen molar-refractivity contribution in [1.29, 1.82) is 5.26 Å². The van der Waals surface area contributed by atoms with Crippen LogP contribution in [0.4, 0.5) is 5.82 Å². The Bertz CT molecular complexity index is 738. The van der Waals surface area contributed by atoms with Crippen LogP contribution >= 0.6 is 0 Å². The molecular weight excluding hydrogens is 298 g/mol. The van der Waals surface area contributed by atoms with Crippen LogP contribution in [-0.4, -0.2) is 49.4 Å². The van der Waals surface area contributed by atoms with Crippen molar-refractivity contribution in [3.05, 3.63) is 33.2 Å². The number of aliphatic hydroxyl groups excluding tert-OH is 3. The molecule has 2 heterocycles. The van der Waals surface area contributed by atoms with Crippen LogP contribution in [0, 0.1) is 11.3 Å². The van der Waals surface area contributed by atoms with E-state index in [-0.39, 0.29) is 5.82 Å². The van der Waals surface area contributed by atoms with Gasteiger partial charge in [-0.3, -0.25) is 4.57 Å². The minimum atomic E-state index is -2.45. The number of azide groups is 1. The van der Waals surface area contributed by atoms with Crippen LogP contribution in [-0.2, 0) is 10.5 Å². The number of anilines is 1. The van der Waals surface area contributed by atoms with Gasteiger partial charge in [0, 0.05) is 11.1 Å². The summed E-state index contributed by atoms with van der Waals surface area (Å²) in [5, 5.41) is 41.9. The summed E-state index contributed by atoms with van der Waals surface area (Å²) in [6, 6.07) is 2.70. The van der Waals surface area contributed by atoms with E-state index in [1.54, 1.807) is 0 Å². The van der Waals surface area contributed by atoms with Gasteiger partial charge in [0.25, 0.3) is 5.72 Å². The first-order valence-electron chi connectivity index (χ1n) is 5.87. The van der Waals surface area contributed by atoms with Crippen molar-refractivity contribution in [2.75, 3.05) is 12.3 Å². The standard InChI is InChI=1S/C10H11N7O5/c11-3-10(17-2-1-5(12)14-8(17)21)7(20)6(19)9(4-18,22-10)15-16-13/h1-2,6-7,18-20H,4H2,(H2,12,14,21)/t6-,7-,9+,10+/m0/s1. The molecule has 1 fully saturated rings. The van der Waals surface area contributed by atoms with Crippen LogP contribution < -0.4 is 11.4 Å². The fraction of sp³-hybridized carbons (Fsp3) is 0.500. The van der Waals surface area contributed by atoms with Gasteiger partial charge in [-0.1, -0.05) is 5.11 Å². The zero-order valence-electron chi connectivity index (χ0n) is 10.9. The largest absolute Gasteiger partial charge is 0.393 e. The molecule has 1 aromatic heterocycles. The lowest BCUT2D eigenvalue weighted by Gasteiger charge is -2.27. The van der Waals surface area contributed by atoms with Gasteiger partial charge in [0.05, 0.1) is 6.61 Å². The van der Waals surface area contributed by atoms with E-state index in [0.717, 1.165) is 12.3 Å². The zero-order chi connectivity index (χ0) is 16.5. The second-order valence-electron chi connectivity index (χ2n) is 4.50. The molecule has 0 spiro atoms. The van der Waals surface area contributed by atoms with Gasteiger partial charge in [-0.25, -0.2) is 4.79 Å². The Kier molecular flexibility index (Phi) is 3.76. The first-order valence-corrected chi connectivity index (χ1v) is 5.87. The second-order valence-corrected chi connectivity index (χ2v) is 4.50. The Morgan fingerprint density at radius 3 is 2.82 bits per heavy atom. The van der Waals surface area contributed by atoms with Crippen molar-refractivity contribution in [3.8, 4) is 6.07 Å². The van der Waals surface area contributed by atoms with Crippen molar-refractivity contribution < 1.29 is 20.1 Å². The minimum absolute atomic E-state index is 0.133. The van der Waals surface area contributed by atoms with Gasteiger partial charge in [0.2, 0.25) is 5.72 Å². The molecule has 1 saturated heterocycles. The van der Waals surface area contributed by atoms with Crippen LogP contribution in [0.25, 0.3) is 10.4 Å². The monoisotopic (exact) mass is 309 g/mol. The molecule has 5 N–H and O–H groups in total. The highest BCUT2D eigenvalue weighted by atomic mass is 16.6. The third-order valence-corrected chi connectivity index (χ3v) is 3.28. The van der Waals surface area contributed by atoms with Crippen molar-refractivity contribution in [2.45, 2.75) is 23.7 Å². The predicted octanol–water partition coefficient (Wildman–Crippen LogP) is -2.25. The Morgan fingerprint density at radius 1 is 1.64 bits per heavy atom. The highest BCUT2D eigenvalue weighted by Gasteiger charge is 2.64. The summed E-state index contributed by atoms with van der Waals surface area (Å²) in [4.78, 5) is 17.7. The first kappa shape index (κ1) is 15.7. The fourth-order valence-electron chi connectivity index (χ4n) is 2.17. The summed E-state index contributed by atoms with van der Waals surface area (Å²) < 4.78 is 5.74. The number of ether oxygens (including phenoxy) is 1. The molecule has 0 aliphatic carbocycles. The minimum Gasteiger partial charge on any atom is -0.393 e. The molecule has 2 rings (SSSR count). The van der Waals surface area contributed by atoms with Gasteiger partial charge in [-0.15, -0.1) is 0 Å².